The van der Waals surface area contributed by atoms with E-state index in [1.807, 2.05) is 6.92 Å². The molecule has 0 atom stereocenters. The lowest BCUT2D eigenvalue weighted by atomic mass is 10.1. The van der Waals surface area contributed by atoms with E-state index in [1.54, 1.807) is 43.3 Å². The minimum Gasteiger partial charge on any atom is -0.495 e. The van der Waals surface area contributed by atoms with E-state index < -0.39 is 15.6 Å². The number of aryl methyl sites for hydroxylation is 2. The SMILES string of the molecule is COc1cc(C)cc(C)c1S(=O)(=O)Nc1ccc2oc(=O)ccc2c1. The fourth-order valence-corrected chi connectivity index (χ4v) is 4.18. The molecule has 0 radical (unpaired) electrons. The molecule has 130 valence electrons. The number of benzene rings is 2. The molecule has 0 spiro atoms. The summed E-state index contributed by atoms with van der Waals surface area (Å²) in [5.74, 6) is 0.289. The highest BCUT2D eigenvalue weighted by molar-refractivity contribution is 7.92. The maximum absolute atomic E-state index is 12.8. The summed E-state index contributed by atoms with van der Waals surface area (Å²) < 4.78 is 38.5. The van der Waals surface area contributed by atoms with E-state index in [2.05, 4.69) is 4.72 Å². The number of fused-ring (bicyclic) bond motifs is 1. The van der Waals surface area contributed by atoms with Crippen LogP contribution in [0.25, 0.3) is 11.0 Å². The third kappa shape index (κ3) is 3.36. The standard InChI is InChI=1S/C18H17NO5S/c1-11-8-12(2)18(16(9-11)23-3)25(21,22)19-14-5-6-15-13(10-14)4-7-17(20)24-15/h4-10,19H,1-3H3. The highest BCUT2D eigenvalue weighted by Crippen LogP contribution is 2.31. The Morgan fingerprint density at radius 2 is 1.80 bits per heavy atom. The van der Waals surface area contributed by atoms with Gasteiger partial charge in [-0.25, -0.2) is 13.2 Å². The van der Waals surface area contributed by atoms with Gasteiger partial charge in [-0.3, -0.25) is 4.72 Å². The van der Waals surface area contributed by atoms with Crippen LogP contribution in [0.3, 0.4) is 0 Å². The Balaban J connectivity index is 2.05. The Kier molecular flexibility index (Phi) is 4.26. The van der Waals surface area contributed by atoms with Gasteiger partial charge in [0.05, 0.1) is 7.11 Å². The highest BCUT2D eigenvalue weighted by atomic mass is 32.2. The van der Waals surface area contributed by atoms with E-state index in [9.17, 15) is 13.2 Å². The van der Waals surface area contributed by atoms with Crippen molar-refractivity contribution in [3.8, 4) is 5.75 Å². The number of rotatable bonds is 4. The number of hydrogen-bond donors (Lipinski definition) is 1. The lowest BCUT2D eigenvalue weighted by Gasteiger charge is -2.15. The minimum atomic E-state index is -3.85. The second-order valence-corrected chi connectivity index (χ2v) is 7.34. The van der Waals surface area contributed by atoms with Gasteiger partial charge in [-0.05, 0) is 55.3 Å². The van der Waals surface area contributed by atoms with Crippen molar-refractivity contribution in [2.45, 2.75) is 18.7 Å². The number of nitrogens with one attached hydrogen (secondary N) is 1. The summed E-state index contributed by atoms with van der Waals surface area (Å²) in [5.41, 5.74) is 1.80. The largest absolute Gasteiger partial charge is 0.495 e. The molecular formula is C18H17NO5S. The Morgan fingerprint density at radius 3 is 2.52 bits per heavy atom. The summed E-state index contributed by atoms with van der Waals surface area (Å²) in [5, 5.41) is 0.618. The molecular weight excluding hydrogens is 342 g/mol. The lowest BCUT2D eigenvalue weighted by Crippen LogP contribution is -2.15. The van der Waals surface area contributed by atoms with Gasteiger partial charge < -0.3 is 9.15 Å². The van der Waals surface area contributed by atoms with E-state index in [4.69, 9.17) is 9.15 Å². The van der Waals surface area contributed by atoms with E-state index in [0.29, 0.717) is 22.2 Å². The van der Waals surface area contributed by atoms with Gasteiger partial charge in [0.1, 0.15) is 16.2 Å². The highest BCUT2D eigenvalue weighted by Gasteiger charge is 2.23. The minimum absolute atomic E-state index is 0.0975. The average Bonchev–Trinajstić information content (AvgIpc) is 2.53. The predicted molar refractivity (Wildman–Crippen MR) is 95.8 cm³/mol. The zero-order chi connectivity index (χ0) is 18.2. The number of sulfonamides is 1. The van der Waals surface area contributed by atoms with Crippen LogP contribution in [0, 0.1) is 13.8 Å². The average molecular weight is 359 g/mol. The summed E-state index contributed by atoms with van der Waals surface area (Å²) >= 11 is 0. The Labute approximate surface area is 145 Å². The van der Waals surface area contributed by atoms with Crippen LogP contribution in [0.15, 0.2) is 56.6 Å². The molecule has 0 fully saturated rings. The zero-order valence-corrected chi connectivity index (χ0v) is 14.8. The third-order valence-corrected chi connectivity index (χ3v) is 5.31. The van der Waals surface area contributed by atoms with Crippen molar-refractivity contribution < 1.29 is 17.6 Å². The van der Waals surface area contributed by atoms with Crippen molar-refractivity contribution >= 4 is 26.7 Å². The predicted octanol–water partition coefficient (Wildman–Crippen LogP) is 3.22. The quantitative estimate of drug-likeness (QED) is 0.723. The molecule has 0 aliphatic carbocycles. The molecule has 0 aliphatic rings. The second-order valence-electron chi connectivity index (χ2n) is 5.73. The second kappa shape index (κ2) is 6.25. The van der Waals surface area contributed by atoms with Crippen LogP contribution in [-0.2, 0) is 10.0 Å². The van der Waals surface area contributed by atoms with Gasteiger partial charge in [-0.1, -0.05) is 6.07 Å². The van der Waals surface area contributed by atoms with Crippen LogP contribution in [-0.4, -0.2) is 15.5 Å². The molecule has 3 aromatic rings. The molecule has 1 heterocycles. The molecule has 2 aromatic carbocycles. The maximum Gasteiger partial charge on any atom is 0.336 e. The van der Waals surface area contributed by atoms with Crippen molar-refractivity contribution in [3.05, 3.63) is 64.0 Å². The first-order chi connectivity index (χ1) is 11.8. The Bertz CT molecular complexity index is 1120. The molecule has 1 N–H and O–H groups in total. The summed E-state index contributed by atoms with van der Waals surface area (Å²) in [6.07, 6.45) is 0. The Hall–Kier alpha value is -2.80. The summed E-state index contributed by atoms with van der Waals surface area (Å²) in [7, 11) is -2.41. The molecule has 0 saturated carbocycles. The van der Waals surface area contributed by atoms with Crippen molar-refractivity contribution in [1.82, 2.24) is 0 Å². The number of hydrogen-bond acceptors (Lipinski definition) is 5. The third-order valence-electron chi connectivity index (χ3n) is 3.75. The molecule has 25 heavy (non-hydrogen) atoms. The smallest absolute Gasteiger partial charge is 0.336 e. The van der Waals surface area contributed by atoms with Crippen molar-refractivity contribution in [1.29, 1.82) is 0 Å². The molecule has 0 unspecified atom stereocenters. The van der Waals surface area contributed by atoms with Crippen LogP contribution in [0.5, 0.6) is 5.75 Å². The molecule has 6 nitrogen and oxygen atoms in total. The first-order valence-corrected chi connectivity index (χ1v) is 9.00. The van der Waals surface area contributed by atoms with Gasteiger partial charge in [0.25, 0.3) is 10.0 Å². The normalized spacial score (nSPS) is 11.5. The van der Waals surface area contributed by atoms with E-state index in [-0.39, 0.29) is 10.6 Å². The van der Waals surface area contributed by atoms with Gasteiger partial charge in [-0.2, -0.15) is 0 Å². The summed E-state index contributed by atoms with van der Waals surface area (Å²) in [4.78, 5) is 11.3. The molecule has 0 bridgehead atoms. The van der Waals surface area contributed by atoms with Crippen molar-refractivity contribution in [2.75, 3.05) is 11.8 Å². The van der Waals surface area contributed by atoms with Gasteiger partial charge in [0.15, 0.2) is 0 Å². The first-order valence-electron chi connectivity index (χ1n) is 7.52. The molecule has 1 aromatic heterocycles. The van der Waals surface area contributed by atoms with Crippen molar-refractivity contribution in [2.24, 2.45) is 0 Å². The van der Waals surface area contributed by atoms with Gasteiger partial charge >= 0.3 is 5.63 Å². The fourth-order valence-electron chi connectivity index (χ4n) is 2.75. The van der Waals surface area contributed by atoms with E-state index in [0.717, 1.165) is 5.56 Å². The first kappa shape index (κ1) is 17.0. The number of methoxy groups -OCH3 is 1. The summed E-state index contributed by atoms with van der Waals surface area (Å²) in [6.45, 7) is 3.59. The summed E-state index contributed by atoms with van der Waals surface area (Å²) in [6, 6.07) is 11.0. The van der Waals surface area contributed by atoms with E-state index >= 15 is 0 Å². The van der Waals surface area contributed by atoms with Crippen LogP contribution in [0.2, 0.25) is 0 Å². The number of anilines is 1. The van der Waals surface area contributed by atoms with Crippen LogP contribution < -0.4 is 15.1 Å². The van der Waals surface area contributed by atoms with Crippen LogP contribution in [0.1, 0.15) is 11.1 Å². The molecule has 3 rings (SSSR count). The number of ether oxygens (including phenoxy) is 1. The van der Waals surface area contributed by atoms with E-state index in [1.165, 1.54) is 13.2 Å². The van der Waals surface area contributed by atoms with Crippen LogP contribution >= 0.6 is 0 Å². The van der Waals surface area contributed by atoms with Crippen LogP contribution in [0.4, 0.5) is 5.69 Å². The molecule has 0 saturated heterocycles. The zero-order valence-electron chi connectivity index (χ0n) is 14.0. The fraction of sp³-hybridized carbons (Fsp3) is 0.167. The lowest BCUT2D eigenvalue weighted by molar-refractivity contribution is 0.402. The topological polar surface area (TPSA) is 85.6 Å². The molecule has 7 heteroatoms. The Morgan fingerprint density at radius 1 is 1.04 bits per heavy atom. The monoisotopic (exact) mass is 359 g/mol. The molecule has 0 aliphatic heterocycles. The van der Waals surface area contributed by atoms with Gasteiger partial charge in [0, 0.05) is 17.1 Å². The van der Waals surface area contributed by atoms with Gasteiger partial charge in [-0.15, -0.1) is 0 Å². The van der Waals surface area contributed by atoms with Gasteiger partial charge in [0.2, 0.25) is 0 Å². The maximum atomic E-state index is 12.8. The van der Waals surface area contributed by atoms with Crippen molar-refractivity contribution in [3.63, 3.8) is 0 Å². The molecule has 0 amide bonds.